The molecule has 0 spiro atoms. The van der Waals surface area contributed by atoms with Gasteiger partial charge in [-0.05, 0) is 30.4 Å². The zero-order valence-corrected chi connectivity index (χ0v) is 12.8. The lowest BCUT2D eigenvalue weighted by Gasteiger charge is -2.14. The molecule has 1 aromatic carbocycles. The Morgan fingerprint density at radius 2 is 2.08 bits per heavy atom. The predicted molar refractivity (Wildman–Crippen MR) is 81.3 cm³/mol. The number of halogens is 1. The van der Waals surface area contributed by atoms with Crippen molar-refractivity contribution in [2.45, 2.75) is 25.9 Å². The molecule has 1 aliphatic carbocycles. The SMILES string of the molecule is O=C1c2c(ccc(OCC3CC3)c2F)CN1Cc1[nH]c(=O)[nH]c1O. The summed E-state index contributed by atoms with van der Waals surface area (Å²) in [6, 6.07) is 3.22. The van der Waals surface area contributed by atoms with Crippen LogP contribution in [0, 0.1) is 11.7 Å². The van der Waals surface area contributed by atoms with Gasteiger partial charge in [0.25, 0.3) is 5.91 Å². The van der Waals surface area contributed by atoms with Crippen LogP contribution in [-0.4, -0.2) is 32.5 Å². The Morgan fingerprint density at radius 3 is 2.75 bits per heavy atom. The summed E-state index contributed by atoms with van der Waals surface area (Å²) in [6.07, 6.45) is 2.19. The van der Waals surface area contributed by atoms with Gasteiger partial charge in [-0.15, -0.1) is 0 Å². The molecule has 1 amide bonds. The van der Waals surface area contributed by atoms with E-state index in [1.165, 1.54) is 4.90 Å². The van der Waals surface area contributed by atoms with Crippen LogP contribution < -0.4 is 10.4 Å². The first-order chi connectivity index (χ1) is 11.5. The molecular formula is C16H16FN3O4. The largest absolute Gasteiger partial charge is 0.493 e. The highest BCUT2D eigenvalue weighted by Gasteiger charge is 2.33. The first kappa shape index (κ1) is 14.8. The first-order valence-electron chi connectivity index (χ1n) is 7.76. The van der Waals surface area contributed by atoms with E-state index >= 15 is 0 Å². The summed E-state index contributed by atoms with van der Waals surface area (Å²) in [6.45, 7) is 0.655. The van der Waals surface area contributed by atoms with Crippen molar-refractivity contribution in [3.05, 3.63) is 45.3 Å². The molecule has 1 saturated carbocycles. The number of nitrogens with one attached hydrogen (secondary N) is 2. The molecular weight excluding hydrogens is 317 g/mol. The van der Waals surface area contributed by atoms with Gasteiger partial charge in [-0.25, -0.2) is 9.18 Å². The average molecular weight is 333 g/mol. The highest BCUT2D eigenvalue weighted by Crippen LogP contribution is 2.34. The van der Waals surface area contributed by atoms with Crippen LogP contribution in [0.3, 0.4) is 0 Å². The lowest BCUT2D eigenvalue weighted by Crippen LogP contribution is -2.24. The van der Waals surface area contributed by atoms with Crippen molar-refractivity contribution >= 4 is 5.91 Å². The Bertz CT molecular complexity index is 869. The molecule has 126 valence electrons. The smallest absolute Gasteiger partial charge is 0.326 e. The van der Waals surface area contributed by atoms with Crippen LogP contribution in [0.1, 0.15) is 34.5 Å². The first-order valence-corrected chi connectivity index (χ1v) is 7.76. The molecule has 7 nitrogen and oxygen atoms in total. The lowest BCUT2D eigenvalue weighted by molar-refractivity contribution is 0.0760. The monoisotopic (exact) mass is 333 g/mol. The number of aromatic nitrogens is 2. The number of carbonyl (C=O) groups excluding carboxylic acids is 1. The van der Waals surface area contributed by atoms with Gasteiger partial charge in [-0.2, -0.15) is 0 Å². The lowest BCUT2D eigenvalue weighted by atomic mass is 10.1. The van der Waals surface area contributed by atoms with E-state index in [9.17, 15) is 19.1 Å². The zero-order chi connectivity index (χ0) is 16.8. The molecule has 0 atom stereocenters. The second-order valence-electron chi connectivity index (χ2n) is 6.23. The third kappa shape index (κ3) is 2.53. The summed E-state index contributed by atoms with van der Waals surface area (Å²) >= 11 is 0. The van der Waals surface area contributed by atoms with E-state index in [0.29, 0.717) is 18.1 Å². The Hall–Kier alpha value is -2.77. The number of H-pyrrole nitrogens is 2. The van der Waals surface area contributed by atoms with Gasteiger partial charge >= 0.3 is 5.69 Å². The molecule has 8 heteroatoms. The summed E-state index contributed by atoms with van der Waals surface area (Å²) < 4.78 is 20.1. The highest BCUT2D eigenvalue weighted by atomic mass is 19.1. The second-order valence-corrected chi connectivity index (χ2v) is 6.23. The molecule has 2 aliphatic rings. The molecule has 24 heavy (non-hydrogen) atoms. The number of nitrogens with zero attached hydrogens (tertiary/aromatic N) is 1. The topological polar surface area (TPSA) is 98.4 Å². The molecule has 1 aromatic heterocycles. The maximum Gasteiger partial charge on any atom is 0.326 e. The number of aromatic amines is 2. The maximum absolute atomic E-state index is 14.6. The van der Waals surface area contributed by atoms with Crippen molar-refractivity contribution < 1.29 is 19.0 Å². The van der Waals surface area contributed by atoms with Crippen LogP contribution in [-0.2, 0) is 13.1 Å². The fraction of sp³-hybridized carbons (Fsp3) is 0.375. The molecule has 3 N–H and O–H groups in total. The Morgan fingerprint density at radius 1 is 1.29 bits per heavy atom. The van der Waals surface area contributed by atoms with Gasteiger partial charge in [0.2, 0.25) is 5.88 Å². The molecule has 2 aromatic rings. The number of hydrogen-bond acceptors (Lipinski definition) is 4. The van der Waals surface area contributed by atoms with Crippen molar-refractivity contribution in [3.63, 3.8) is 0 Å². The van der Waals surface area contributed by atoms with E-state index in [0.717, 1.165) is 12.8 Å². The van der Waals surface area contributed by atoms with Gasteiger partial charge in [0.05, 0.1) is 24.4 Å². The normalized spacial score (nSPS) is 16.5. The van der Waals surface area contributed by atoms with E-state index in [2.05, 4.69) is 9.97 Å². The standard InChI is InChI=1S/C16H16FN3O4/c17-13-11(24-7-8-1-2-8)4-3-9-5-20(15(22)12(9)13)6-10-14(21)19-16(23)18-10/h3-4,8,21H,1-2,5-7H2,(H2,18,19,23). The van der Waals surface area contributed by atoms with E-state index in [-0.39, 0.29) is 36.0 Å². The van der Waals surface area contributed by atoms with E-state index in [1.54, 1.807) is 12.1 Å². The third-order valence-electron chi connectivity index (χ3n) is 4.36. The van der Waals surface area contributed by atoms with E-state index < -0.39 is 17.4 Å². The van der Waals surface area contributed by atoms with E-state index in [4.69, 9.17) is 4.74 Å². The third-order valence-corrected chi connectivity index (χ3v) is 4.36. The molecule has 0 saturated heterocycles. The van der Waals surface area contributed by atoms with Crippen LogP contribution in [0.15, 0.2) is 16.9 Å². The number of amides is 1. The molecule has 0 radical (unpaired) electrons. The molecule has 1 fully saturated rings. The number of carbonyl (C=O) groups is 1. The number of ether oxygens (including phenoxy) is 1. The highest BCUT2D eigenvalue weighted by molar-refractivity contribution is 5.99. The summed E-state index contributed by atoms with van der Waals surface area (Å²) in [5.41, 5.74) is 0.190. The minimum atomic E-state index is -0.646. The average Bonchev–Trinajstić information content (AvgIpc) is 3.23. The maximum atomic E-state index is 14.6. The van der Waals surface area contributed by atoms with Gasteiger partial charge in [0.15, 0.2) is 11.6 Å². The number of fused-ring (bicyclic) bond motifs is 1. The number of imidazole rings is 1. The summed E-state index contributed by atoms with van der Waals surface area (Å²) in [7, 11) is 0. The molecule has 0 unspecified atom stereocenters. The molecule has 0 bridgehead atoms. The van der Waals surface area contributed by atoms with Gasteiger partial charge in [0, 0.05) is 6.54 Å². The number of benzene rings is 1. The minimum Gasteiger partial charge on any atom is -0.493 e. The van der Waals surface area contributed by atoms with Crippen LogP contribution >= 0.6 is 0 Å². The van der Waals surface area contributed by atoms with E-state index in [1.807, 2.05) is 0 Å². The number of hydrogen-bond donors (Lipinski definition) is 3. The van der Waals surface area contributed by atoms with Crippen LogP contribution in [0.5, 0.6) is 11.6 Å². The van der Waals surface area contributed by atoms with Crippen molar-refractivity contribution in [2.75, 3.05) is 6.61 Å². The summed E-state index contributed by atoms with van der Waals surface area (Å²) in [4.78, 5) is 29.6. The molecule has 2 heterocycles. The van der Waals surface area contributed by atoms with Gasteiger partial charge < -0.3 is 19.7 Å². The fourth-order valence-corrected chi connectivity index (χ4v) is 2.84. The zero-order valence-electron chi connectivity index (χ0n) is 12.8. The van der Waals surface area contributed by atoms with Crippen LogP contribution in [0.2, 0.25) is 0 Å². The van der Waals surface area contributed by atoms with Crippen molar-refractivity contribution in [1.29, 1.82) is 0 Å². The Labute approximate surface area is 136 Å². The summed E-state index contributed by atoms with van der Waals surface area (Å²) in [5, 5.41) is 9.60. The Kier molecular flexibility index (Phi) is 3.33. The van der Waals surface area contributed by atoms with Crippen molar-refractivity contribution in [2.24, 2.45) is 5.92 Å². The van der Waals surface area contributed by atoms with Crippen molar-refractivity contribution in [3.8, 4) is 11.6 Å². The molecule has 4 rings (SSSR count). The quantitative estimate of drug-likeness (QED) is 0.772. The molecule has 1 aliphatic heterocycles. The van der Waals surface area contributed by atoms with Gasteiger partial charge in [0.1, 0.15) is 0 Å². The second kappa shape index (κ2) is 5.40. The van der Waals surface area contributed by atoms with Crippen molar-refractivity contribution in [1.82, 2.24) is 14.9 Å². The fourth-order valence-electron chi connectivity index (χ4n) is 2.84. The van der Waals surface area contributed by atoms with Crippen LogP contribution in [0.4, 0.5) is 4.39 Å². The number of rotatable bonds is 5. The van der Waals surface area contributed by atoms with Gasteiger partial charge in [-0.1, -0.05) is 6.07 Å². The Balaban J connectivity index is 1.56. The predicted octanol–water partition coefficient (Wildman–Crippen LogP) is 1.49. The number of aromatic hydroxyl groups is 1. The van der Waals surface area contributed by atoms with Gasteiger partial charge in [-0.3, -0.25) is 9.78 Å². The van der Waals surface area contributed by atoms with Crippen LogP contribution in [0.25, 0.3) is 0 Å². The minimum absolute atomic E-state index is 0.000620. The summed E-state index contributed by atoms with van der Waals surface area (Å²) in [5.74, 6) is -0.877.